The van der Waals surface area contributed by atoms with Gasteiger partial charge in [0.25, 0.3) is 5.91 Å². The highest BCUT2D eigenvalue weighted by Gasteiger charge is 2.11. The van der Waals surface area contributed by atoms with Crippen molar-refractivity contribution in [3.8, 4) is 5.75 Å². The summed E-state index contributed by atoms with van der Waals surface area (Å²) in [5.41, 5.74) is 0.995. The van der Waals surface area contributed by atoms with Crippen molar-refractivity contribution in [3.05, 3.63) is 42.2 Å². The first-order valence-corrected chi connectivity index (χ1v) is 7.63. The molecule has 2 aromatic rings. The normalized spacial score (nSPS) is 10.2. The molecule has 122 valence electrons. The van der Waals surface area contributed by atoms with Gasteiger partial charge < -0.3 is 15.0 Å². The van der Waals surface area contributed by atoms with E-state index in [-0.39, 0.29) is 5.91 Å². The van der Waals surface area contributed by atoms with Gasteiger partial charge in [0.1, 0.15) is 11.4 Å². The van der Waals surface area contributed by atoms with Crippen LogP contribution >= 0.6 is 0 Å². The molecule has 6 nitrogen and oxygen atoms in total. The molecule has 0 aliphatic heterocycles. The van der Waals surface area contributed by atoms with Gasteiger partial charge in [-0.25, -0.2) is 9.97 Å². The predicted octanol–water partition coefficient (Wildman–Crippen LogP) is 2.97. The molecule has 0 unspecified atom stereocenters. The highest BCUT2D eigenvalue weighted by Crippen LogP contribution is 2.17. The largest absolute Gasteiger partial charge is 0.497 e. The Kier molecular flexibility index (Phi) is 5.91. The van der Waals surface area contributed by atoms with E-state index in [0.29, 0.717) is 23.1 Å². The van der Waals surface area contributed by atoms with Gasteiger partial charge in [0.15, 0.2) is 0 Å². The summed E-state index contributed by atoms with van der Waals surface area (Å²) in [5.74, 6) is 0.966. The number of unbranched alkanes of at least 4 members (excludes halogenated alkanes) is 1. The first kappa shape index (κ1) is 16.7. The van der Waals surface area contributed by atoms with Crippen LogP contribution < -0.4 is 15.0 Å². The molecule has 0 saturated heterocycles. The Morgan fingerprint density at radius 3 is 2.91 bits per heavy atom. The van der Waals surface area contributed by atoms with Crippen molar-refractivity contribution in [2.45, 2.75) is 19.8 Å². The van der Waals surface area contributed by atoms with Gasteiger partial charge in [-0.1, -0.05) is 19.4 Å². The first-order chi connectivity index (χ1) is 11.1. The minimum absolute atomic E-state index is 0.272. The minimum Gasteiger partial charge on any atom is -0.497 e. The number of nitrogens with zero attached hydrogens (tertiary/aromatic N) is 3. The van der Waals surface area contributed by atoms with E-state index in [2.05, 4.69) is 22.2 Å². The summed E-state index contributed by atoms with van der Waals surface area (Å²) in [6.07, 6.45) is 3.76. The van der Waals surface area contributed by atoms with Crippen LogP contribution in [0.1, 0.15) is 30.3 Å². The van der Waals surface area contributed by atoms with Crippen molar-refractivity contribution < 1.29 is 9.53 Å². The molecule has 1 N–H and O–H groups in total. The number of methoxy groups -OCH3 is 1. The molecule has 0 aliphatic rings. The summed E-state index contributed by atoms with van der Waals surface area (Å²) in [6.45, 7) is 2.99. The molecule has 1 heterocycles. The molecule has 6 heteroatoms. The SMILES string of the molecule is CCCCN(C)c1nccc(C(=O)Nc2cccc(OC)c2)n1. The van der Waals surface area contributed by atoms with Crippen molar-refractivity contribution in [2.24, 2.45) is 0 Å². The lowest BCUT2D eigenvalue weighted by Gasteiger charge is -2.16. The Labute approximate surface area is 136 Å². The molecule has 2 rings (SSSR count). The van der Waals surface area contributed by atoms with Gasteiger partial charge in [-0.05, 0) is 24.6 Å². The van der Waals surface area contributed by atoms with E-state index in [1.165, 1.54) is 0 Å². The van der Waals surface area contributed by atoms with E-state index in [4.69, 9.17) is 4.74 Å². The second-order valence-electron chi connectivity index (χ2n) is 5.20. The summed E-state index contributed by atoms with van der Waals surface area (Å²) < 4.78 is 5.15. The molecule has 1 aromatic carbocycles. The number of amides is 1. The Hall–Kier alpha value is -2.63. The second kappa shape index (κ2) is 8.12. The van der Waals surface area contributed by atoms with Gasteiger partial charge in [-0.15, -0.1) is 0 Å². The highest BCUT2D eigenvalue weighted by atomic mass is 16.5. The third-order valence-electron chi connectivity index (χ3n) is 3.39. The number of hydrogen-bond donors (Lipinski definition) is 1. The third kappa shape index (κ3) is 4.67. The van der Waals surface area contributed by atoms with Crippen molar-refractivity contribution in [3.63, 3.8) is 0 Å². The number of rotatable bonds is 7. The van der Waals surface area contributed by atoms with Crippen molar-refractivity contribution in [1.82, 2.24) is 9.97 Å². The van der Waals surface area contributed by atoms with Gasteiger partial charge >= 0.3 is 0 Å². The first-order valence-electron chi connectivity index (χ1n) is 7.63. The smallest absolute Gasteiger partial charge is 0.274 e. The predicted molar refractivity (Wildman–Crippen MR) is 91.2 cm³/mol. The molecule has 0 saturated carbocycles. The number of hydrogen-bond acceptors (Lipinski definition) is 5. The van der Waals surface area contributed by atoms with E-state index in [0.717, 1.165) is 19.4 Å². The number of carbonyl (C=O) groups excluding carboxylic acids is 1. The highest BCUT2D eigenvalue weighted by molar-refractivity contribution is 6.03. The van der Waals surface area contributed by atoms with Crippen LogP contribution in [0.15, 0.2) is 36.5 Å². The molecule has 0 bridgehead atoms. The molecule has 1 amide bonds. The van der Waals surface area contributed by atoms with Gasteiger partial charge in [0, 0.05) is 31.5 Å². The van der Waals surface area contributed by atoms with Gasteiger partial charge in [-0.3, -0.25) is 4.79 Å². The van der Waals surface area contributed by atoms with E-state index in [1.807, 2.05) is 24.1 Å². The molecule has 0 fully saturated rings. The van der Waals surface area contributed by atoms with Crippen LogP contribution in [0.2, 0.25) is 0 Å². The van der Waals surface area contributed by atoms with E-state index in [1.54, 1.807) is 31.5 Å². The fraction of sp³-hybridized carbons (Fsp3) is 0.353. The van der Waals surface area contributed by atoms with Crippen molar-refractivity contribution >= 4 is 17.5 Å². The molecule has 1 aromatic heterocycles. The van der Waals surface area contributed by atoms with Gasteiger partial charge in [0.2, 0.25) is 5.95 Å². The molecule has 0 aliphatic carbocycles. The maximum atomic E-state index is 12.3. The molecular formula is C17H22N4O2. The van der Waals surface area contributed by atoms with Gasteiger partial charge in [0.05, 0.1) is 7.11 Å². The zero-order valence-corrected chi connectivity index (χ0v) is 13.7. The van der Waals surface area contributed by atoms with E-state index in [9.17, 15) is 4.79 Å². The van der Waals surface area contributed by atoms with Crippen LogP contribution in [0.25, 0.3) is 0 Å². The number of nitrogens with one attached hydrogen (secondary N) is 1. The van der Waals surface area contributed by atoms with Crippen LogP contribution in [0, 0.1) is 0 Å². The number of benzene rings is 1. The number of anilines is 2. The Morgan fingerprint density at radius 1 is 1.35 bits per heavy atom. The lowest BCUT2D eigenvalue weighted by Crippen LogP contribution is -2.22. The van der Waals surface area contributed by atoms with E-state index >= 15 is 0 Å². The summed E-state index contributed by atoms with van der Waals surface area (Å²) in [6, 6.07) is 8.80. The van der Waals surface area contributed by atoms with Crippen LogP contribution in [-0.2, 0) is 0 Å². The molecule has 0 spiro atoms. The van der Waals surface area contributed by atoms with Gasteiger partial charge in [-0.2, -0.15) is 0 Å². The average Bonchev–Trinajstić information content (AvgIpc) is 2.59. The number of aromatic nitrogens is 2. The standard InChI is InChI=1S/C17H22N4O2/c1-4-5-11-21(2)17-18-10-9-15(20-17)16(22)19-13-7-6-8-14(12-13)23-3/h6-10,12H,4-5,11H2,1-3H3,(H,19,22). The zero-order chi connectivity index (χ0) is 16.7. The molecule has 0 atom stereocenters. The topological polar surface area (TPSA) is 67.4 Å². The van der Waals surface area contributed by atoms with Crippen LogP contribution in [0.4, 0.5) is 11.6 Å². The van der Waals surface area contributed by atoms with Crippen LogP contribution in [-0.4, -0.2) is 36.6 Å². The number of ether oxygens (including phenoxy) is 1. The second-order valence-corrected chi connectivity index (χ2v) is 5.20. The summed E-state index contributed by atoms with van der Waals surface area (Å²) >= 11 is 0. The Balaban J connectivity index is 2.09. The Morgan fingerprint density at radius 2 is 2.17 bits per heavy atom. The van der Waals surface area contributed by atoms with Crippen molar-refractivity contribution in [2.75, 3.05) is 30.9 Å². The Bertz CT molecular complexity index is 661. The molecule has 0 radical (unpaired) electrons. The van der Waals surface area contributed by atoms with E-state index < -0.39 is 0 Å². The molecule has 23 heavy (non-hydrogen) atoms. The summed E-state index contributed by atoms with van der Waals surface area (Å²) in [5, 5.41) is 2.81. The average molecular weight is 314 g/mol. The van der Waals surface area contributed by atoms with Crippen LogP contribution in [0.5, 0.6) is 5.75 Å². The quantitative estimate of drug-likeness (QED) is 0.851. The zero-order valence-electron chi connectivity index (χ0n) is 13.7. The maximum Gasteiger partial charge on any atom is 0.274 e. The number of carbonyl (C=O) groups is 1. The molecular weight excluding hydrogens is 292 g/mol. The minimum atomic E-state index is -0.272. The monoisotopic (exact) mass is 314 g/mol. The van der Waals surface area contributed by atoms with Crippen molar-refractivity contribution in [1.29, 1.82) is 0 Å². The lowest BCUT2D eigenvalue weighted by molar-refractivity contribution is 0.102. The van der Waals surface area contributed by atoms with Crippen LogP contribution in [0.3, 0.4) is 0 Å². The summed E-state index contributed by atoms with van der Waals surface area (Å²) in [7, 11) is 3.51. The lowest BCUT2D eigenvalue weighted by atomic mass is 10.3. The summed E-state index contributed by atoms with van der Waals surface area (Å²) in [4.78, 5) is 22.9. The fourth-order valence-corrected chi connectivity index (χ4v) is 2.05. The fourth-order valence-electron chi connectivity index (χ4n) is 2.05. The maximum absolute atomic E-state index is 12.3. The third-order valence-corrected chi connectivity index (χ3v) is 3.39.